The molecule has 2 aliphatic carbocycles. The molecule has 2 N–H and O–H groups in total. The van der Waals surface area contributed by atoms with Gasteiger partial charge < -0.3 is 5.73 Å². The number of nitrogens with zero attached hydrogens (tertiary/aromatic N) is 5. The first-order valence-electron chi connectivity index (χ1n) is 12.7. The fraction of sp³-hybridized carbons (Fsp3) is 0.680. The molecule has 0 spiro atoms. The van der Waals surface area contributed by atoms with E-state index in [0.717, 1.165) is 44.1 Å². The Morgan fingerprint density at radius 3 is 2.33 bits per heavy atom. The second-order valence-electron chi connectivity index (χ2n) is 10.5. The summed E-state index contributed by atoms with van der Waals surface area (Å²) in [5, 5.41) is 4.72. The highest BCUT2D eigenvalue weighted by molar-refractivity contribution is 5.63. The highest BCUT2D eigenvalue weighted by Crippen LogP contribution is 2.64. The van der Waals surface area contributed by atoms with Crippen molar-refractivity contribution in [2.24, 2.45) is 11.8 Å². The molecule has 3 fully saturated rings. The van der Waals surface area contributed by atoms with E-state index >= 15 is 0 Å². The molecule has 11 heteroatoms. The molecule has 2 aromatic heterocycles. The number of halogens is 5. The van der Waals surface area contributed by atoms with Crippen LogP contribution in [0.25, 0.3) is 11.3 Å². The molecule has 1 aliphatic heterocycles. The lowest BCUT2D eigenvalue weighted by Crippen LogP contribution is -2.51. The van der Waals surface area contributed by atoms with E-state index in [1.807, 2.05) is 15.6 Å². The fourth-order valence-electron chi connectivity index (χ4n) is 6.22. The van der Waals surface area contributed by atoms with Crippen LogP contribution in [-0.4, -0.2) is 69.8 Å². The van der Waals surface area contributed by atoms with Crippen LogP contribution in [-0.2, 0) is 6.18 Å². The van der Waals surface area contributed by atoms with Gasteiger partial charge in [0.1, 0.15) is 5.82 Å². The molecule has 3 atom stereocenters. The van der Waals surface area contributed by atoms with Gasteiger partial charge in [-0.2, -0.15) is 18.3 Å². The van der Waals surface area contributed by atoms with Crippen molar-refractivity contribution in [1.82, 2.24) is 24.6 Å². The third-order valence-electron chi connectivity index (χ3n) is 8.37. The Bertz CT molecular complexity index is 1070. The van der Waals surface area contributed by atoms with E-state index in [1.165, 1.54) is 6.20 Å². The van der Waals surface area contributed by atoms with Crippen molar-refractivity contribution >= 4 is 5.82 Å². The summed E-state index contributed by atoms with van der Waals surface area (Å²) in [5.74, 6) is 0.861. The second-order valence-corrected chi connectivity index (χ2v) is 10.5. The standard InChI is InChI=1S/C25H33F5N6/c1-3-14(2)36-21(11-20(33-36)15-8-19(25(28,29)30)24(31)32-12-15)23-17-9-16(10-18(17)23)35-6-4-34(5-7-35)13-22(26)27/h8,11-12,14,16-18,22-23H,3-7,9-10,13H2,1-2H3,(H2,31,32). The molecule has 0 radical (unpaired) electrons. The Morgan fingerprint density at radius 1 is 1.08 bits per heavy atom. The summed E-state index contributed by atoms with van der Waals surface area (Å²) in [6.07, 6.45) is -2.53. The molecule has 3 aliphatic rings. The molecule has 36 heavy (non-hydrogen) atoms. The molecule has 198 valence electrons. The van der Waals surface area contributed by atoms with E-state index < -0.39 is 24.0 Å². The van der Waals surface area contributed by atoms with Gasteiger partial charge in [-0.15, -0.1) is 0 Å². The zero-order chi connectivity index (χ0) is 25.8. The monoisotopic (exact) mass is 512 g/mol. The number of anilines is 1. The number of pyridine rings is 1. The number of hydrogen-bond acceptors (Lipinski definition) is 5. The van der Waals surface area contributed by atoms with Gasteiger partial charge in [0.05, 0.1) is 17.8 Å². The first kappa shape index (κ1) is 25.4. The third kappa shape index (κ3) is 4.83. The van der Waals surface area contributed by atoms with E-state index in [1.54, 1.807) is 0 Å². The Morgan fingerprint density at radius 2 is 1.75 bits per heavy atom. The number of rotatable bonds is 7. The Hall–Kier alpha value is -2.27. The normalized spacial score (nSPS) is 28.0. The molecule has 5 rings (SSSR count). The van der Waals surface area contributed by atoms with E-state index in [4.69, 9.17) is 10.8 Å². The molecule has 3 heterocycles. The van der Waals surface area contributed by atoms with Crippen molar-refractivity contribution in [3.8, 4) is 11.3 Å². The van der Waals surface area contributed by atoms with Gasteiger partial charge in [0.15, 0.2) is 0 Å². The minimum absolute atomic E-state index is 0.123. The summed E-state index contributed by atoms with van der Waals surface area (Å²) >= 11 is 0. The van der Waals surface area contributed by atoms with Gasteiger partial charge in [0.2, 0.25) is 0 Å². The summed E-state index contributed by atoms with van der Waals surface area (Å²) in [7, 11) is 0. The van der Waals surface area contributed by atoms with Crippen molar-refractivity contribution in [2.45, 2.75) is 63.7 Å². The third-order valence-corrected chi connectivity index (χ3v) is 8.37. The predicted octanol–water partition coefficient (Wildman–Crippen LogP) is 4.89. The zero-order valence-electron chi connectivity index (χ0n) is 20.6. The first-order chi connectivity index (χ1) is 17.1. The maximum Gasteiger partial charge on any atom is 0.419 e. The smallest absolute Gasteiger partial charge is 0.383 e. The summed E-state index contributed by atoms with van der Waals surface area (Å²) in [4.78, 5) is 8.07. The zero-order valence-corrected chi connectivity index (χ0v) is 20.6. The van der Waals surface area contributed by atoms with Crippen LogP contribution < -0.4 is 5.73 Å². The molecule has 6 nitrogen and oxygen atoms in total. The van der Waals surface area contributed by atoms with Crippen LogP contribution in [0.3, 0.4) is 0 Å². The maximum absolute atomic E-state index is 13.4. The van der Waals surface area contributed by atoms with Crippen molar-refractivity contribution in [1.29, 1.82) is 0 Å². The topological polar surface area (TPSA) is 63.2 Å². The Balaban J connectivity index is 1.30. The van der Waals surface area contributed by atoms with Gasteiger partial charge in [-0.1, -0.05) is 6.92 Å². The van der Waals surface area contributed by atoms with Crippen LogP contribution in [0.5, 0.6) is 0 Å². The number of hydrogen-bond donors (Lipinski definition) is 1. The largest absolute Gasteiger partial charge is 0.419 e. The molecule has 1 saturated heterocycles. The quantitative estimate of drug-likeness (QED) is 0.536. The van der Waals surface area contributed by atoms with Gasteiger partial charge in [0.25, 0.3) is 6.43 Å². The number of nitrogen functional groups attached to an aromatic ring is 1. The maximum atomic E-state index is 13.4. The van der Waals surface area contributed by atoms with Gasteiger partial charge in [-0.3, -0.25) is 14.5 Å². The lowest BCUT2D eigenvalue weighted by atomic mass is 10.0. The molecular formula is C25H33F5N6. The number of nitrogens with two attached hydrogens (primary N) is 1. The highest BCUT2D eigenvalue weighted by Gasteiger charge is 2.58. The van der Waals surface area contributed by atoms with Gasteiger partial charge in [-0.25, -0.2) is 13.8 Å². The number of fused-ring (bicyclic) bond motifs is 1. The highest BCUT2D eigenvalue weighted by atomic mass is 19.4. The number of alkyl halides is 5. The van der Waals surface area contributed by atoms with Crippen molar-refractivity contribution in [3.05, 3.63) is 29.6 Å². The van der Waals surface area contributed by atoms with Crippen LogP contribution >= 0.6 is 0 Å². The predicted molar refractivity (Wildman–Crippen MR) is 127 cm³/mol. The Kier molecular flexibility index (Phi) is 6.74. The average Bonchev–Trinajstić information content (AvgIpc) is 3.15. The minimum atomic E-state index is -4.58. The molecule has 0 amide bonds. The number of piperazine rings is 1. The lowest BCUT2D eigenvalue weighted by Gasteiger charge is -2.38. The van der Waals surface area contributed by atoms with E-state index in [9.17, 15) is 22.0 Å². The molecule has 2 saturated carbocycles. The fourth-order valence-corrected chi connectivity index (χ4v) is 6.22. The van der Waals surface area contributed by atoms with E-state index in [0.29, 0.717) is 48.1 Å². The lowest BCUT2D eigenvalue weighted by molar-refractivity contribution is -0.137. The summed E-state index contributed by atoms with van der Waals surface area (Å²) < 4.78 is 67.5. The SMILES string of the molecule is CCC(C)n1nc(-c2cnc(N)c(C(F)(F)F)c2)cc1C1C2CC(N3CCN(CC(F)F)CC3)CC21. The van der Waals surface area contributed by atoms with Crippen LogP contribution in [0.1, 0.15) is 56.3 Å². The molecule has 3 unspecified atom stereocenters. The van der Waals surface area contributed by atoms with Crippen LogP contribution in [0.2, 0.25) is 0 Å². The molecule has 0 aromatic carbocycles. The molecular weight excluding hydrogens is 479 g/mol. The van der Waals surface area contributed by atoms with Crippen LogP contribution in [0.15, 0.2) is 18.3 Å². The summed E-state index contributed by atoms with van der Waals surface area (Å²) in [6, 6.07) is 3.56. The molecule has 2 aromatic rings. The van der Waals surface area contributed by atoms with Crippen molar-refractivity contribution in [2.75, 3.05) is 38.5 Å². The second kappa shape index (κ2) is 9.55. The van der Waals surface area contributed by atoms with Crippen LogP contribution in [0.4, 0.5) is 27.8 Å². The van der Waals surface area contributed by atoms with Gasteiger partial charge in [0, 0.05) is 61.6 Å². The summed E-state index contributed by atoms with van der Waals surface area (Å²) in [5.41, 5.74) is 6.42. The minimum Gasteiger partial charge on any atom is -0.383 e. The van der Waals surface area contributed by atoms with Crippen molar-refractivity contribution < 1.29 is 22.0 Å². The number of aromatic nitrogens is 3. The van der Waals surface area contributed by atoms with Gasteiger partial charge in [-0.05, 0) is 50.2 Å². The van der Waals surface area contributed by atoms with E-state index in [-0.39, 0.29) is 12.6 Å². The molecule has 0 bridgehead atoms. The van der Waals surface area contributed by atoms with Crippen molar-refractivity contribution in [3.63, 3.8) is 0 Å². The van der Waals surface area contributed by atoms with E-state index in [2.05, 4.69) is 23.7 Å². The van der Waals surface area contributed by atoms with Crippen LogP contribution in [0, 0.1) is 11.8 Å². The average molecular weight is 513 g/mol. The summed E-state index contributed by atoms with van der Waals surface area (Å²) in [6.45, 7) is 6.99. The van der Waals surface area contributed by atoms with Gasteiger partial charge >= 0.3 is 6.18 Å². The first-order valence-corrected chi connectivity index (χ1v) is 12.7. The Labute approximate surface area is 207 Å².